The molecule has 4 rings (SSSR count). The van der Waals surface area contributed by atoms with E-state index in [2.05, 4.69) is 9.71 Å². The molecule has 1 aromatic carbocycles. The molecule has 0 bridgehead atoms. The SMILES string of the molecule is Cc1cc(Cl)ccc1NS(=O)(=O)c1cc(-c2nc(C)c(C(=O)N3CCOCC3)s2)n(C)c1. The Bertz CT molecular complexity index is 1280. The van der Waals surface area contributed by atoms with Crippen molar-refractivity contribution in [1.29, 1.82) is 0 Å². The van der Waals surface area contributed by atoms with E-state index in [1.165, 1.54) is 17.5 Å². The maximum absolute atomic E-state index is 13.0. The second kappa shape index (κ2) is 8.86. The van der Waals surface area contributed by atoms with Crippen LogP contribution in [0.5, 0.6) is 0 Å². The summed E-state index contributed by atoms with van der Waals surface area (Å²) in [7, 11) is -2.07. The van der Waals surface area contributed by atoms with E-state index in [1.54, 1.807) is 54.6 Å². The number of nitrogens with one attached hydrogen (secondary N) is 1. The fraction of sp³-hybridized carbons (Fsp3) is 0.333. The van der Waals surface area contributed by atoms with Crippen molar-refractivity contribution in [3.63, 3.8) is 0 Å². The minimum Gasteiger partial charge on any atom is -0.378 e. The minimum absolute atomic E-state index is 0.0727. The van der Waals surface area contributed by atoms with Crippen molar-refractivity contribution in [2.24, 2.45) is 7.05 Å². The van der Waals surface area contributed by atoms with Gasteiger partial charge in [-0.1, -0.05) is 11.6 Å². The molecular formula is C21H23ClN4O4S2. The maximum Gasteiger partial charge on any atom is 0.266 e. The van der Waals surface area contributed by atoms with Gasteiger partial charge in [0, 0.05) is 31.4 Å². The van der Waals surface area contributed by atoms with Crippen LogP contribution in [0, 0.1) is 13.8 Å². The molecule has 1 aliphatic heterocycles. The number of carbonyl (C=O) groups excluding carboxylic acids is 1. The number of thiazole rings is 1. The molecule has 8 nitrogen and oxygen atoms in total. The van der Waals surface area contributed by atoms with E-state index in [-0.39, 0.29) is 10.8 Å². The first-order chi connectivity index (χ1) is 15.2. The lowest BCUT2D eigenvalue weighted by Gasteiger charge is -2.26. The molecule has 1 aliphatic rings. The van der Waals surface area contributed by atoms with Crippen LogP contribution in [0.1, 0.15) is 20.9 Å². The van der Waals surface area contributed by atoms with E-state index in [0.29, 0.717) is 58.3 Å². The summed E-state index contributed by atoms with van der Waals surface area (Å²) >= 11 is 7.23. The monoisotopic (exact) mass is 494 g/mol. The Morgan fingerprint density at radius 1 is 1.22 bits per heavy atom. The van der Waals surface area contributed by atoms with Crippen molar-refractivity contribution >= 4 is 44.6 Å². The van der Waals surface area contributed by atoms with Gasteiger partial charge in [0.25, 0.3) is 15.9 Å². The number of ether oxygens (including phenoxy) is 1. The van der Waals surface area contributed by atoms with E-state index in [0.717, 1.165) is 5.56 Å². The van der Waals surface area contributed by atoms with Crippen LogP contribution in [0.2, 0.25) is 5.02 Å². The molecule has 0 saturated carbocycles. The molecule has 0 aliphatic carbocycles. The average molecular weight is 495 g/mol. The van der Waals surface area contributed by atoms with Gasteiger partial charge in [-0.05, 0) is 43.7 Å². The summed E-state index contributed by atoms with van der Waals surface area (Å²) in [6, 6.07) is 6.52. The van der Waals surface area contributed by atoms with Crippen LogP contribution in [0.15, 0.2) is 35.4 Å². The molecule has 1 saturated heterocycles. The normalized spacial score (nSPS) is 14.6. The number of hydrogen-bond acceptors (Lipinski definition) is 6. The molecule has 1 amide bonds. The van der Waals surface area contributed by atoms with E-state index < -0.39 is 10.0 Å². The molecule has 32 heavy (non-hydrogen) atoms. The molecule has 170 valence electrons. The molecule has 0 spiro atoms. The van der Waals surface area contributed by atoms with Crippen LogP contribution in [0.4, 0.5) is 5.69 Å². The van der Waals surface area contributed by atoms with Gasteiger partial charge in [-0.2, -0.15) is 0 Å². The zero-order valence-corrected chi connectivity index (χ0v) is 20.3. The first-order valence-electron chi connectivity index (χ1n) is 9.96. The topological polar surface area (TPSA) is 93.5 Å². The number of hydrogen-bond donors (Lipinski definition) is 1. The second-order valence-electron chi connectivity index (χ2n) is 7.57. The predicted molar refractivity (Wildman–Crippen MR) is 125 cm³/mol. The second-order valence-corrected chi connectivity index (χ2v) is 10.7. The van der Waals surface area contributed by atoms with Gasteiger partial charge in [-0.15, -0.1) is 11.3 Å². The zero-order valence-electron chi connectivity index (χ0n) is 17.9. The number of carbonyl (C=O) groups is 1. The van der Waals surface area contributed by atoms with Gasteiger partial charge >= 0.3 is 0 Å². The number of morpholine rings is 1. The van der Waals surface area contributed by atoms with Crippen LogP contribution in [-0.2, 0) is 21.8 Å². The largest absolute Gasteiger partial charge is 0.378 e. The predicted octanol–water partition coefficient (Wildman–Crippen LogP) is 3.69. The molecule has 0 radical (unpaired) electrons. The fourth-order valence-electron chi connectivity index (χ4n) is 3.45. The fourth-order valence-corrected chi connectivity index (χ4v) is 5.97. The Balaban J connectivity index is 1.61. The lowest BCUT2D eigenvalue weighted by atomic mass is 10.2. The van der Waals surface area contributed by atoms with Gasteiger partial charge in [-0.25, -0.2) is 13.4 Å². The number of sulfonamides is 1. The Kier molecular flexibility index (Phi) is 6.30. The summed E-state index contributed by atoms with van der Waals surface area (Å²) in [6.45, 7) is 5.72. The summed E-state index contributed by atoms with van der Waals surface area (Å²) in [5, 5.41) is 1.12. The molecule has 0 atom stereocenters. The Hall–Kier alpha value is -2.40. The minimum atomic E-state index is -3.82. The average Bonchev–Trinajstić information content (AvgIpc) is 3.33. The number of rotatable bonds is 5. The maximum atomic E-state index is 13.0. The highest BCUT2D eigenvalue weighted by molar-refractivity contribution is 7.92. The molecule has 2 aromatic heterocycles. The van der Waals surface area contributed by atoms with Crippen LogP contribution in [0.25, 0.3) is 10.7 Å². The number of benzene rings is 1. The first-order valence-corrected chi connectivity index (χ1v) is 12.6. The van der Waals surface area contributed by atoms with Gasteiger partial charge < -0.3 is 14.2 Å². The van der Waals surface area contributed by atoms with Gasteiger partial charge in [-0.3, -0.25) is 9.52 Å². The lowest BCUT2D eigenvalue weighted by Crippen LogP contribution is -2.40. The van der Waals surface area contributed by atoms with Crippen molar-refractivity contribution in [2.45, 2.75) is 18.7 Å². The zero-order chi connectivity index (χ0) is 23.0. The van der Waals surface area contributed by atoms with Gasteiger partial charge in [0.1, 0.15) is 14.8 Å². The van der Waals surface area contributed by atoms with Crippen molar-refractivity contribution in [1.82, 2.24) is 14.5 Å². The van der Waals surface area contributed by atoms with Gasteiger partial charge in [0.2, 0.25) is 0 Å². The van der Waals surface area contributed by atoms with Crippen LogP contribution < -0.4 is 4.72 Å². The summed E-state index contributed by atoms with van der Waals surface area (Å²) in [5.41, 5.74) is 2.43. The number of amides is 1. The summed E-state index contributed by atoms with van der Waals surface area (Å²) < 4.78 is 35.6. The number of anilines is 1. The van der Waals surface area contributed by atoms with Crippen LogP contribution in [-0.4, -0.2) is 55.1 Å². The summed E-state index contributed by atoms with van der Waals surface area (Å²) in [6.07, 6.45) is 1.53. The number of nitrogens with zero attached hydrogens (tertiary/aromatic N) is 3. The molecule has 0 unspecified atom stereocenters. The third-order valence-corrected chi connectivity index (χ3v) is 7.97. The van der Waals surface area contributed by atoms with Gasteiger partial charge in [0.15, 0.2) is 0 Å². The van der Waals surface area contributed by atoms with Crippen molar-refractivity contribution < 1.29 is 17.9 Å². The lowest BCUT2D eigenvalue weighted by molar-refractivity contribution is 0.0305. The van der Waals surface area contributed by atoms with Crippen molar-refractivity contribution in [2.75, 3.05) is 31.0 Å². The standard InChI is InChI=1S/C21H23ClN4O4S2/c1-13-10-15(22)4-5-17(13)24-32(28,29)16-11-18(25(3)12-16)20-23-14(2)19(31-20)21(27)26-6-8-30-9-7-26/h4-5,10-12,24H,6-9H2,1-3H3. The van der Waals surface area contributed by atoms with Crippen molar-refractivity contribution in [3.8, 4) is 10.7 Å². The van der Waals surface area contributed by atoms with E-state index in [4.69, 9.17) is 16.3 Å². The highest BCUT2D eigenvalue weighted by Crippen LogP contribution is 2.32. The Morgan fingerprint density at radius 3 is 2.62 bits per heavy atom. The molecule has 1 N–H and O–H groups in total. The third kappa shape index (κ3) is 4.54. The molecule has 1 fully saturated rings. The number of aromatic nitrogens is 2. The number of halogens is 1. The third-order valence-electron chi connectivity index (χ3n) is 5.23. The van der Waals surface area contributed by atoms with E-state index in [1.807, 2.05) is 0 Å². The smallest absolute Gasteiger partial charge is 0.266 e. The number of aryl methyl sites for hydroxylation is 3. The molecule has 3 heterocycles. The van der Waals surface area contributed by atoms with Crippen molar-refractivity contribution in [3.05, 3.63) is 51.6 Å². The van der Waals surface area contributed by atoms with Crippen LogP contribution >= 0.6 is 22.9 Å². The first kappa shape index (κ1) is 22.8. The summed E-state index contributed by atoms with van der Waals surface area (Å²) in [5.74, 6) is -0.0727. The Labute approximate surface area is 195 Å². The van der Waals surface area contributed by atoms with E-state index in [9.17, 15) is 13.2 Å². The quantitative estimate of drug-likeness (QED) is 0.583. The summed E-state index contributed by atoms with van der Waals surface area (Å²) in [4.78, 5) is 19.9. The Morgan fingerprint density at radius 2 is 1.94 bits per heavy atom. The van der Waals surface area contributed by atoms with Crippen LogP contribution in [0.3, 0.4) is 0 Å². The highest BCUT2D eigenvalue weighted by Gasteiger charge is 2.25. The molecule has 11 heteroatoms. The molecule has 3 aromatic rings. The van der Waals surface area contributed by atoms with Gasteiger partial charge in [0.05, 0.1) is 30.3 Å². The molecular weight excluding hydrogens is 472 g/mol. The van der Waals surface area contributed by atoms with E-state index >= 15 is 0 Å². The highest BCUT2D eigenvalue weighted by atomic mass is 35.5.